The van der Waals surface area contributed by atoms with E-state index < -0.39 is 22.2 Å². The molecule has 0 saturated carbocycles. The molecule has 0 bridgehead atoms. The van der Waals surface area contributed by atoms with Crippen LogP contribution >= 0.6 is 0 Å². The average molecular weight is 436 g/mol. The number of alkyl halides is 3. The number of halogens is 3. The lowest BCUT2D eigenvalue weighted by Crippen LogP contribution is -2.57. The minimum atomic E-state index is -5.08. The number of hydrogen-bond donors (Lipinski definition) is 1. The molecule has 2 unspecified atom stereocenters. The van der Waals surface area contributed by atoms with Gasteiger partial charge in [-0.05, 0) is 38.8 Å². The Morgan fingerprint density at radius 2 is 1.69 bits per heavy atom. The highest BCUT2D eigenvalue weighted by Gasteiger charge is 2.53. The number of likely N-dealkylation sites (tertiary alicyclic amines) is 1. The summed E-state index contributed by atoms with van der Waals surface area (Å²) < 4.78 is 58.0. The van der Waals surface area contributed by atoms with E-state index in [4.69, 9.17) is 9.90 Å². The Bertz CT molecular complexity index is 814. The van der Waals surface area contributed by atoms with E-state index in [0.717, 1.165) is 25.9 Å². The van der Waals surface area contributed by atoms with Crippen LogP contribution in [0.4, 0.5) is 13.2 Å². The van der Waals surface area contributed by atoms with Crippen LogP contribution in [0, 0.1) is 0 Å². The number of sulfonamides is 1. The molecule has 1 aromatic rings. The van der Waals surface area contributed by atoms with Crippen molar-refractivity contribution in [1.29, 1.82) is 0 Å². The number of carboxylic acid groups (broad SMARTS) is 1. The van der Waals surface area contributed by atoms with Gasteiger partial charge in [-0.25, -0.2) is 13.2 Å². The third-order valence-electron chi connectivity index (χ3n) is 5.76. The summed E-state index contributed by atoms with van der Waals surface area (Å²) in [6.07, 6.45) is -1.77. The number of carbonyl (C=O) groups is 1. The Morgan fingerprint density at radius 3 is 2.14 bits per heavy atom. The van der Waals surface area contributed by atoms with Gasteiger partial charge in [-0.1, -0.05) is 30.3 Å². The van der Waals surface area contributed by atoms with Gasteiger partial charge in [0.2, 0.25) is 10.0 Å². The third kappa shape index (κ3) is 5.29. The molecule has 2 atom stereocenters. The van der Waals surface area contributed by atoms with Crippen molar-refractivity contribution >= 4 is 16.0 Å². The molecule has 0 amide bonds. The standard InChI is InChI=1S/C17H26N2O2S.C2HF3O2/c1-14(2)18-11-9-17(15-7-5-4-6-8-15)10-12-19(16(17)13-18)22(3,20)21;3-2(4,5)1(6)7/h4-8,14,16H,9-13H2,1-3H3;(H,6,7). The molecule has 164 valence electrons. The second-order valence-corrected chi connectivity index (χ2v) is 9.74. The number of nitrogens with zero attached hydrogens (tertiary/aromatic N) is 2. The van der Waals surface area contributed by atoms with E-state index in [1.807, 2.05) is 6.07 Å². The van der Waals surface area contributed by atoms with Crippen LogP contribution in [0.3, 0.4) is 0 Å². The number of aliphatic carboxylic acids is 1. The van der Waals surface area contributed by atoms with Crippen LogP contribution in [0.25, 0.3) is 0 Å². The van der Waals surface area contributed by atoms with Crippen molar-refractivity contribution in [3.63, 3.8) is 0 Å². The van der Waals surface area contributed by atoms with Crippen LogP contribution in [0.5, 0.6) is 0 Å². The average Bonchev–Trinajstić information content (AvgIpc) is 3.02. The van der Waals surface area contributed by atoms with E-state index in [-0.39, 0.29) is 11.5 Å². The van der Waals surface area contributed by atoms with E-state index >= 15 is 0 Å². The summed E-state index contributed by atoms with van der Waals surface area (Å²) in [6.45, 7) is 6.90. The highest BCUT2D eigenvalue weighted by Crippen LogP contribution is 2.46. The number of rotatable bonds is 3. The maximum atomic E-state index is 12.2. The zero-order valence-corrected chi connectivity index (χ0v) is 17.5. The lowest BCUT2D eigenvalue weighted by molar-refractivity contribution is -0.192. The quantitative estimate of drug-likeness (QED) is 0.788. The first kappa shape index (κ1) is 23.6. The van der Waals surface area contributed by atoms with E-state index in [1.165, 1.54) is 11.8 Å². The molecule has 6 nitrogen and oxygen atoms in total. The summed E-state index contributed by atoms with van der Waals surface area (Å²) in [5, 5.41) is 7.12. The highest BCUT2D eigenvalue weighted by molar-refractivity contribution is 7.88. The fraction of sp³-hybridized carbons (Fsp3) is 0.632. The second kappa shape index (κ2) is 8.61. The number of carboxylic acids is 1. The smallest absolute Gasteiger partial charge is 0.475 e. The zero-order valence-electron chi connectivity index (χ0n) is 16.7. The van der Waals surface area contributed by atoms with Gasteiger partial charge in [-0.2, -0.15) is 17.5 Å². The third-order valence-corrected chi connectivity index (χ3v) is 7.05. The Balaban J connectivity index is 0.000000370. The number of benzene rings is 1. The summed E-state index contributed by atoms with van der Waals surface area (Å²) >= 11 is 0. The van der Waals surface area contributed by atoms with Gasteiger partial charge in [0.15, 0.2) is 0 Å². The van der Waals surface area contributed by atoms with Crippen molar-refractivity contribution in [2.24, 2.45) is 0 Å². The molecular formula is C19H27F3N2O4S. The molecule has 2 fully saturated rings. The van der Waals surface area contributed by atoms with Crippen molar-refractivity contribution in [1.82, 2.24) is 9.21 Å². The van der Waals surface area contributed by atoms with Gasteiger partial charge < -0.3 is 5.11 Å². The molecule has 2 heterocycles. The van der Waals surface area contributed by atoms with Gasteiger partial charge in [-0.15, -0.1) is 0 Å². The van der Waals surface area contributed by atoms with E-state index in [1.54, 1.807) is 4.31 Å². The Labute approximate surface area is 169 Å². The lowest BCUT2D eigenvalue weighted by Gasteiger charge is -2.47. The van der Waals surface area contributed by atoms with Crippen molar-refractivity contribution < 1.29 is 31.5 Å². The maximum Gasteiger partial charge on any atom is 0.490 e. The van der Waals surface area contributed by atoms with Crippen LogP contribution < -0.4 is 0 Å². The van der Waals surface area contributed by atoms with E-state index in [0.29, 0.717) is 12.6 Å². The monoisotopic (exact) mass is 436 g/mol. The van der Waals surface area contributed by atoms with Crippen molar-refractivity contribution in [3.8, 4) is 0 Å². The summed E-state index contributed by atoms with van der Waals surface area (Å²) in [6, 6.07) is 11.0. The summed E-state index contributed by atoms with van der Waals surface area (Å²) in [7, 11) is -3.16. The largest absolute Gasteiger partial charge is 0.490 e. The van der Waals surface area contributed by atoms with Gasteiger partial charge in [-0.3, -0.25) is 4.90 Å². The molecule has 3 rings (SSSR count). The number of fused-ring (bicyclic) bond motifs is 1. The first-order chi connectivity index (χ1) is 13.3. The van der Waals surface area contributed by atoms with Gasteiger partial charge in [0, 0.05) is 30.6 Å². The predicted molar refractivity (Wildman–Crippen MR) is 103 cm³/mol. The first-order valence-electron chi connectivity index (χ1n) is 9.35. The summed E-state index contributed by atoms with van der Waals surface area (Å²) in [5.41, 5.74) is 1.28. The summed E-state index contributed by atoms with van der Waals surface area (Å²) in [5.74, 6) is -2.76. The molecule has 0 spiro atoms. The van der Waals surface area contributed by atoms with Gasteiger partial charge in [0.05, 0.1) is 6.26 Å². The van der Waals surface area contributed by atoms with Crippen molar-refractivity contribution in [2.45, 2.75) is 50.4 Å². The Morgan fingerprint density at radius 1 is 1.17 bits per heavy atom. The molecule has 1 aromatic carbocycles. The molecule has 2 saturated heterocycles. The fourth-order valence-electron chi connectivity index (χ4n) is 4.24. The lowest BCUT2D eigenvalue weighted by atomic mass is 9.69. The fourth-order valence-corrected chi connectivity index (χ4v) is 5.39. The maximum absolute atomic E-state index is 12.2. The van der Waals surface area contributed by atoms with E-state index in [2.05, 4.69) is 43.0 Å². The molecular weight excluding hydrogens is 409 g/mol. The molecule has 2 aliphatic rings. The van der Waals surface area contributed by atoms with E-state index in [9.17, 15) is 21.6 Å². The van der Waals surface area contributed by atoms with Crippen LogP contribution in [0.15, 0.2) is 30.3 Å². The molecule has 0 radical (unpaired) electrons. The number of piperidine rings is 1. The Kier molecular flexibility index (Phi) is 7.01. The second-order valence-electron chi connectivity index (χ2n) is 7.80. The van der Waals surface area contributed by atoms with Crippen LogP contribution in [-0.4, -0.2) is 72.8 Å². The molecule has 29 heavy (non-hydrogen) atoms. The molecule has 2 aliphatic heterocycles. The molecule has 10 heteroatoms. The first-order valence-corrected chi connectivity index (χ1v) is 11.2. The molecule has 0 aliphatic carbocycles. The topological polar surface area (TPSA) is 77.9 Å². The van der Waals surface area contributed by atoms with Gasteiger partial charge in [0.25, 0.3) is 0 Å². The van der Waals surface area contributed by atoms with Crippen molar-refractivity contribution in [2.75, 3.05) is 25.9 Å². The van der Waals surface area contributed by atoms with Gasteiger partial charge in [0.1, 0.15) is 0 Å². The van der Waals surface area contributed by atoms with Crippen LogP contribution in [0.1, 0.15) is 32.3 Å². The van der Waals surface area contributed by atoms with Crippen molar-refractivity contribution in [3.05, 3.63) is 35.9 Å². The predicted octanol–water partition coefficient (Wildman–Crippen LogP) is 2.71. The number of hydrogen-bond acceptors (Lipinski definition) is 4. The highest BCUT2D eigenvalue weighted by atomic mass is 32.2. The normalized spacial score (nSPS) is 26.0. The van der Waals surface area contributed by atoms with Crippen LogP contribution in [0.2, 0.25) is 0 Å². The molecule has 1 N–H and O–H groups in total. The SMILES string of the molecule is CC(C)N1CCC2(c3ccccc3)CCN(S(C)(=O)=O)C2C1.O=C(O)C(F)(F)F. The minimum absolute atomic E-state index is 0.0181. The van der Waals surface area contributed by atoms with Crippen LogP contribution in [-0.2, 0) is 20.2 Å². The Hall–Kier alpha value is -1.65. The summed E-state index contributed by atoms with van der Waals surface area (Å²) in [4.78, 5) is 11.3. The van der Waals surface area contributed by atoms with Gasteiger partial charge >= 0.3 is 12.1 Å². The molecule has 0 aromatic heterocycles. The minimum Gasteiger partial charge on any atom is -0.475 e. The zero-order chi connectivity index (χ0) is 22.0.